The molecule has 0 saturated carbocycles. The van der Waals surface area contributed by atoms with E-state index in [0.29, 0.717) is 0 Å². The van der Waals surface area contributed by atoms with Crippen LogP contribution in [-0.4, -0.2) is 14.8 Å². The molecule has 1 aromatic heterocycles. The molecule has 0 saturated heterocycles. The van der Waals surface area contributed by atoms with Crippen LogP contribution in [0.5, 0.6) is 0 Å². The highest BCUT2D eigenvalue weighted by Crippen LogP contribution is 2.23. The first-order valence-electron chi connectivity index (χ1n) is 5.55. The van der Waals surface area contributed by atoms with E-state index in [9.17, 15) is 0 Å². The van der Waals surface area contributed by atoms with Crippen LogP contribution in [0.1, 0.15) is 19.8 Å². The molecule has 1 heterocycles. The zero-order chi connectivity index (χ0) is 11.4. The van der Waals surface area contributed by atoms with E-state index in [0.717, 1.165) is 36.5 Å². The van der Waals surface area contributed by atoms with E-state index in [1.165, 1.54) is 0 Å². The predicted octanol–water partition coefficient (Wildman–Crippen LogP) is 2.33. The van der Waals surface area contributed by atoms with Crippen molar-refractivity contribution >= 4 is 5.69 Å². The molecule has 0 bridgehead atoms. The summed E-state index contributed by atoms with van der Waals surface area (Å²) < 4.78 is 1.91. The highest BCUT2D eigenvalue weighted by Gasteiger charge is 2.08. The number of anilines is 1. The first-order chi connectivity index (χ1) is 7.83. The Labute approximate surface area is 95.1 Å². The SMILES string of the molecule is CCCCn1ncnc1-c1ccccc1N. The summed E-state index contributed by atoms with van der Waals surface area (Å²) in [7, 11) is 0. The lowest BCUT2D eigenvalue weighted by molar-refractivity contribution is 0.576. The molecule has 4 heteroatoms. The van der Waals surface area contributed by atoms with Gasteiger partial charge in [-0.2, -0.15) is 5.10 Å². The van der Waals surface area contributed by atoms with Crippen LogP contribution in [0.4, 0.5) is 5.69 Å². The molecule has 0 amide bonds. The minimum atomic E-state index is 0.744. The van der Waals surface area contributed by atoms with E-state index >= 15 is 0 Å². The summed E-state index contributed by atoms with van der Waals surface area (Å²) in [5.41, 5.74) is 7.63. The number of unbranched alkanes of at least 4 members (excludes halogenated alkanes) is 1. The Morgan fingerprint density at radius 3 is 2.88 bits per heavy atom. The summed E-state index contributed by atoms with van der Waals surface area (Å²) >= 11 is 0. The Hall–Kier alpha value is -1.84. The van der Waals surface area contributed by atoms with Gasteiger partial charge in [-0.15, -0.1) is 0 Å². The number of rotatable bonds is 4. The second-order valence-corrected chi connectivity index (χ2v) is 3.75. The van der Waals surface area contributed by atoms with Gasteiger partial charge in [0.25, 0.3) is 0 Å². The van der Waals surface area contributed by atoms with Crippen LogP contribution in [0.2, 0.25) is 0 Å². The van der Waals surface area contributed by atoms with Gasteiger partial charge in [-0.1, -0.05) is 25.5 Å². The van der Waals surface area contributed by atoms with Crippen LogP contribution in [-0.2, 0) is 6.54 Å². The van der Waals surface area contributed by atoms with Gasteiger partial charge in [0.1, 0.15) is 6.33 Å². The minimum Gasteiger partial charge on any atom is -0.398 e. The van der Waals surface area contributed by atoms with Crippen molar-refractivity contribution in [1.29, 1.82) is 0 Å². The van der Waals surface area contributed by atoms with Gasteiger partial charge in [0.2, 0.25) is 0 Å². The summed E-state index contributed by atoms with van der Waals surface area (Å²) in [5, 5.41) is 4.22. The van der Waals surface area contributed by atoms with Crippen molar-refractivity contribution in [2.24, 2.45) is 0 Å². The number of benzene rings is 1. The molecular formula is C12H16N4. The topological polar surface area (TPSA) is 56.7 Å². The number of nitrogens with two attached hydrogens (primary N) is 1. The lowest BCUT2D eigenvalue weighted by Crippen LogP contribution is -2.03. The minimum absolute atomic E-state index is 0.744. The molecule has 0 atom stereocenters. The summed E-state index contributed by atoms with van der Waals surface area (Å²) in [6.45, 7) is 3.05. The summed E-state index contributed by atoms with van der Waals surface area (Å²) in [6, 6.07) is 7.74. The molecule has 2 aromatic rings. The maximum atomic E-state index is 5.93. The fourth-order valence-corrected chi connectivity index (χ4v) is 1.64. The molecule has 0 aliphatic rings. The zero-order valence-corrected chi connectivity index (χ0v) is 9.43. The normalized spacial score (nSPS) is 10.6. The lowest BCUT2D eigenvalue weighted by atomic mass is 10.1. The van der Waals surface area contributed by atoms with E-state index in [1.54, 1.807) is 6.33 Å². The van der Waals surface area contributed by atoms with Gasteiger partial charge in [0.05, 0.1) is 0 Å². The number of nitrogen functional groups attached to an aromatic ring is 1. The number of hydrogen-bond donors (Lipinski definition) is 1. The molecule has 2 rings (SSSR count). The van der Waals surface area contributed by atoms with Crippen LogP contribution >= 0.6 is 0 Å². The van der Waals surface area contributed by atoms with Crippen molar-refractivity contribution in [3.63, 3.8) is 0 Å². The summed E-state index contributed by atoms with van der Waals surface area (Å²) in [4.78, 5) is 4.27. The van der Waals surface area contributed by atoms with Crippen LogP contribution < -0.4 is 5.73 Å². The molecular weight excluding hydrogens is 200 g/mol. The Bertz CT molecular complexity index is 462. The number of aryl methyl sites for hydroxylation is 1. The monoisotopic (exact) mass is 216 g/mol. The van der Waals surface area contributed by atoms with E-state index in [-0.39, 0.29) is 0 Å². The standard InChI is InChI=1S/C12H16N4/c1-2-3-8-16-12(14-9-15-16)10-6-4-5-7-11(10)13/h4-7,9H,2-3,8,13H2,1H3. The number of hydrogen-bond acceptors (Lipinski definition) is 3. The average molecular weight is 216 g/mol. The highest BCUT2D eigenvalue weighted by molar-refractivity contribution is 5.71. The van der Waals surface area contributed by atoms with Gasteiger partial charge < -0.3 is 5.73 Å². The summed E-state index contributed by atoms with van der Waals surface area (Å²) in [5.74, 6) is 0.853. The van der Waals surface area contributed by atoms with Gasteiger partial charge in [0, 0.05) is 17.8 Å². The van der Waals surface area contributed by atoms with E-state index in [4.69, 9.17) is 5.73 Å². The Morgan fingerprint density at radius 1 is 1.31 bits per heavy atom. The van der Waals surface area contributed by atoms with Crippen molar-refractivity contribution < 1.29 is 0 Å². The molecule has 0 spiro atoms. The zero-order valence-electron chi connectivity index (χ0n) is 9.43. The molecule has 0 aliphatic carbocycles. The van der Waals surface area contributed by atoms with Crippen molar-refractivity contribution in [2.75, 3.05) is 5.73 Å². The molecule has 0 unspecified atom stereocenters. The summed E-state index contributed by atoms with van der Waals surface area (Å²) in [6.07, 6.45) is 3.82. The quantitative estimate of drug-likeness (QED) is 0.798. The number of nitrogens with zero attached hydrogens (tertiary/aromatic N) is 3. The first-order valence-corrected chi connectivity index (χ1v) is 5.55. The first kappa shape index (κ1) is 10.7. The Morgan fingerprint density at radius 2 is 2.12 bits per heavy atom. The van der Waals surface area contributed by atoms with Gasteiger partial charge in [-0.3, -0.25) is 0 Å². The molecule has 0 aliphatic heterocycles. The Kier molecular flexibility index (Phi) is 3.19. The second kappa shape index (κ2) is 4.79. The smallest absolute Gasteiger partial charge is 0.160 e. The molecule has 84 valence electrons. The van der Waals surface area contributed by atoms with Crippen LogP contribution in [0.15, 0.2) is 30.6 Å². The highest BCUT2D eigenvalue weighted by atomic mass is 15.3. The van der Waals surface area contributed by atoms with Crippen LogP contribution in [0.25, 0.3) is 11.4 Å². The molecule has 1 aromatic carbocycles. The average Bonchev–Trinajstić information content (AvgIpc) is 2.75. The van der Waals surface area contributed by atoms with Crippen LogP contribution in [0, 0.1) is 0 Å². The molecule has 2 N–H and O–H groups in total. The fraction of sp³-hybridized carbons (Fsp3) is 0.333. The van der Waals surface area contributed by atoms with Crippen molar-refractivity contribution in [3.05, 3.63) is 30.6 Å². The van der Waals surface area contributed by atoms with Gasteiger partial charge in [0.15, 0.2) is 5.82 Å². The largest absolute Gasteiger partial charge is 0.398 e. The van der Waals surface area contributed by atoms with E-state index < -0.39 is 0 Å². The van der Waals surface area contributed by atoms with Gasteiger partial charge in [-0.25, -0.2) is 9.67 Å². The number of aromatic nitrogens is 3. The van der Waals surface area contributed by atoms with E-state index in [1.807, 2.05) is 28.9 Å². The maximum absolute atomic E-state index is 5.93. The van der Waals surface area contributed by atoms with Crippen LogP contribution in [0.3, 0.4) is 0 Å². The Balaban J connectivity index is 2.33. The van der Waals surface area contributed by atoms with Crippen molar-refractivity contribution in [3.8, 4) is 11.4 Å². The lowest BCUT2D eigenvalue weighted by Gasteiger charge is -2.07. The molecule has 0 fully saturated rings. The van der Waals surface area contributed by atoms with Crippen molar-refractivity contribution in [2.45, 2.75) is 26.3 Å². The van der Waals surface area contributed by atoms with Gasteiger partial charge >= 0.3 is 0 Å². The molecule has 4 nitrogen and oxygen atoms in total. The fourth-order valence-electron chi connectivity index (χ4n) is 1.64. The molecule has 0 radical (unpaired) electrons. The maximum Gasteiger partial charge on any atom is 0.160 e. The van der Waals surface area contributed by atoms with Crippen molar-refractivity contribution in [1.82, 2.24) is 14.8 Å². The third-order valence-electron chi connectivity index (χ3n) is 2.54. The third-order valence-corrected chi connectivity index (χ3v) is 2.54. The third kappa shape index (κ3) is 2.05. The number of para-hydroxylation sites is 1. The second-order valence-electron chi connectivity index (χ2n) is 3.75. The van der Waals surface area contributed by atoms with E-state index in [2.05, 4.69) is 17.0 Å². The van der Waals surface area contributed by atoms with Gasteiger partial charge in [-0.05, 0) is 18.6 Å². The molecule has 16 heavy (non-hydrogen) atoms. The predicted molar refractivity (Wildman–Crippen MR) is 64.8 cm³/mol.